The predicted molar refractivity (Wildman–Crippen MR) is 116 cm³/mol. The lowest BCUT2D eigenvalue weighted by Crippen LogP contribution is -2.43. The van der Waals surface area contributed by atoms with Gasteiger partial charge in [0.2, 0.25) is 0 Å². The van der Waals surface area contributed by atoms with Crippen LogP contribution in [-0.4, -0.2) is 52.4 Å². The van der Waals surface area contributed by atoms with Gasteiger partial charge in [-0.15, -0.1) is 0 Å². The zero-order valence-corrected chi connectivity index (χ0v) is 19.2. The Bertz CT molecular complexity index is 909. The number of oxazole rings is 1. The molecule has 2 N–H and O–H groups in total. The van der Waals surface area contributed by atoms with Crippen molar-refractivity contribution in [2.75, 3.05) is 19.6 Å². The van der Waals surface area contributed by atoms with Crippen LogP contribution >= 0.6 is 11.6 Å². The summed E-state index contributed by atoms with van der Waals surface area (Å²) in [6, 6.07) is 3.86. The van der Waals surface area contributed by atoms with Crippen LogP contribution in [0.4, 0.5) is 4.79 Å². The average molecular weight is 452 g/mol. The molecule has 8 nitrogen and oxygen atoms in total. The smallest absolute Gasteiger partial charge is 0.407 e. The fourth-order valence-corrected chi connectivity index (χ4v) is 3.73. The molecular formula is C22H30ClN3O5. The number of fused-ring (bicyclic) bond motifs is 1. The van der Waals surface area contributed by atoms with Crippen molar-refractivity contribution in [1.29, 1.82) is 0 Å². The van der Waals surface area contributed by atoms with E-state index in [-0.39, 0.29) is 13.2 Å². The minimum Gasteiger partial charge on any atom is -0.484 e. The molecule has 1 aliphatic rings. The normalized spacial score (nSPS) is 15.3. The lowest BCUT2D eigenvalue weighted by atomic mass is 9.99. The molecule has 2 heterocycles. The molecule has 3 rings (SSSR count). The van der Waals surface area contributed by atoms with Crippen LogP contribution in [0.1, 0.15) is 43.4 Å². The van der Waals surface area contributed by atoms with Crippen LogP contribution in [-0.2, 0) is 24.3 Å². The molecule has 0 saturated heterocycles. The number of carbonyl (C=O) groups excluding carboxylic acids is 1. The largest absolute Gasteiger partial charge is 0.484 e. The number of ether oxygens (including phenoxy) is 2. The number of aromatic nitrogens is 1. The minimum absolute atomic E-state index is 0.132. The molecule has 1 aromatic heterocycles. The second-order valence-corrected chi connectivity index (χ2v) is 9.06. The Morgan fingerprint density at radius 2 is 2.19 bits per heavy atom. The van der Waals surface area contributed by atoms with Gasteiger partial charge in [0, 0.05) is 26.2 Å². The van der Waals surface area contributed by atoms with Gasteiger partial charge in [0.25, 0.3) is 0 Å². The lowest BCUT2D eigenvalue weighted by Gasteiger charge is -2.31. The van der Waals surface area contributed by atoms with Gasteiger partial charge >= 0.3 is 6.09 Å². The van der Waals surface area contributed by atoms with Crippen molar-refractivity contribution in [1.82, 2.24) is 15.2 Å². The summed E-state index contributed by atoms with van der Waals surface area (Å²) in [6.07, 6.45) is 0.917. The second kappa shape index (κ2) is 9.89. The van der Waals surface area contributed by atoms with E-state index >= 15 is 0 Å². The number of halogens is 1. The Kier molecular flexibility index (Phi) is 7.46. The van der Waals surface area contributed by atoms with Crippen molar-refractivity contribution < 1.29 is 23.8 Å². The number of aryl methyl sites for hydroxylation is 1. The third-order valence-electron chi connectivity index (χ3n) is 4.93. The molecule has 1 amide bonds. The highest BCUT2D eigenvalue weighted by Gasteiger charge is 2.23. The van der Waals surface area contributed by atoms with Gasteiger partial charge in [0.1, 0.15) is 18.0 Å². The van der Waals surface area contributed by atoms with E-state index in [0.29, 0.717) is 29.6 Å². The molecule has 0 radical (unpaired) electrons. The average Bonchev–Trinajstić information content (AvgIpc) is 3.09. The summed E-state index contributed by atoms with van der Waals surface area (Å²) < 4.78 is 16.3. The second-order valence-electron chi connectivity index (χ2n) is 8.69. The number of hydrogen-bond acceptors (Lipinski definition) is 7. The maximum absolute atomic E-state index is 11.7. The first-order valence-corrected chi connectivity index (χ1v) is 10.7. The van der Waals surface area contributed by atoms with Gasteiger partial charge in [0.05, 0.1) is 16.8 Å². The van der Waals surface area contributed by atoms with E-state index in [0.717, 1.165) is 29.8 Å². The summed E-state index contributed by atoms with van der Waals surface area (Å²) in [5, 5.41) is 13.5. The maximum atomic E-state index is 11.7. The Morgan fingerprint density at radius 1 is 1.42 bits per heavy atom. The molecule has 1 atom stereocenters. The Hall–Kier alpha value is -2.29. The molecule has 9 heteroatoms. The van der Waals surface area contributed by atoms with Gasteiger partial charge in [-0.2, -0.15) is 0 Å². The third-order valence-corrected chi connectivity index (χ3v) is 5.34. The number of benzene rings is 1. The fourth-order valence-electron chi connectivity index (χ4n) is 3.40. The molecular weight excluding hydrogens is 422 g/mol. The van der Waals surface area contributed by atoms with Gasteiger partial charge < -0.3 is 24.3 Å². The number of amides is 1. The molecule has 2 aromatic rings. The maximum Gasteiger partial charge on any atom is 0.407 e. The molecule has 170 valence electrons. The van der Waals surface area contributed by atoms with Crippen LogP contribution in [0.2, 0.25) is 5.02 Å². The van der Waals surface area contributed by atoms with Crippen LogP contribution < -0.4 is 10.1 Å². The lowest BCUT2D eigenvalue weighted by molar-refractivity contribution is 0.0464. The zero-order chi connectivity index (χ0) is 22.6. The van der Waals surface area contributed by atoms with Gasteiger partial charge in [0.15, 0.2) is 12.2 Å². The van der Waals surface area contributed by atoms with Crippen molar-refractivity contribution in [3.63, 3.8) is 0 Å². The van der Waals surface area contributed by atoms with Gasteiger partial charge in [-0.25, -0.2) is 9.78 Å². The highest BCUT2D eigenvalue weighted by atomic mass is 35.5. The number of hydrogen-bond donors (Lipinski definition) is 2. The van der Waals surface area contributed by atoms with Crippen molar-refractivity contribution in [3.8, 4) is 5.75 Å². The number of nitrogens with zero attached hydrogens (tertiary/aromatic N) is 2. The molecule has 0 spiro atoms. The summed E-state index contributed by atoms with van der Waals surface area (Å²) in [5.41, 5.74) is 2.39. The monoisotopic (exact) mass is 451 g/mol. The fraction of sp³-hybridized carbons (Fsp3) is 0.545. The zero-order valence-electron chi connectivity index (χ0n) is 18.4. The van der Waals surface area contributed by atoms with Gasteiger partial charge in [-0.1, -0.05) is 17.7 Å². The van der Waals surface area contributed by atoms with Crippen molar-refractivity contribution in [3.05, 3.63) is 46.1 Å². The van der Waals surface area contributed by atoms with E-state index in [1.165, 1.54) is 6.39 Å². The number of aliphatic hydroxyl groups is 1. The van der Waals surface area contributed by atoms with E-state index in [1.807, 2.05) is 19.1 Å². The van der Waals surface area contributed by atoms with E-state index in [2.05, 4.69) is 15.2 Å². The number of carbonyl (C=O) groups is 1. The molecule has 0 fully saturated rings. The summed E-state index contributed by atoms with van der Waals surface area (Å²) in [5.74, 6) is 1.29. The van der Waals surface area contributed by atoms with Crippen molar-refractivity contribution in [2.24, 2.45) is 0 Å². The summed E-state index contributed by atoms with van der Waals surface area (Å²) in [4.78, 5) is 17.9. The summed E-state index contributed by atoms with van der Waals surface area (Å²) in [6.45, 7) is 9.51. The number of alkyl carbamates (subject to hydrolysis) is 1. The molecule has 1 aromatic carbocycles. The Labute approximate surface area is 187 Å². The molecule has 0 saturated carbocycles. The van der Waals surface area contributed by atoms with Crippen LogP contribution in [0.3, 0.4) is 0 Å². The molecule has 0 unspecified atom stereocenters. The molecule has 0 bridgehead atoms. The van der Waals surface area contributed by atoms with Crippen LogP contribution in [0.5, 0.6) is 5.75 Å². The third kappa shape index (κ3) is 6.59. The van der Waals surface area contributed by atoms with Gasteiger partial charge in [-0.3, -0.25) is 4.90 Å². The van der Waals surface area contributed by atoms with E-state index in [9.17, 15) is 9.90 Å². The van der Waals surface area contributed by atoms with Crippen LogP contribution in [0.15, 0.2) is 22.9 Å². The highest BCUT2D eigenvalue weighted by molar-refractivity contribution is 6.33. The van der Waals surface area contributed by atoms with Crippen molar-refractivity contribution in [2.45, 2.75) is 59.0 Å². The molecule has 31 heavy (non-hydrogen) atoms. The van der Waals surface area contributed by atoms with Crippen molar-refractivity contribution >= 4 is 17.7 Å². The van der Waals surface area contributed by atoms with Crippen LogP contribution in [0, 0.1) is 6.92 Å². The Morgan fingerprint density at radius 3 is 2.87 bits per heavy atom. The first kappa shape index (κ1) is 23.4. The summed E-state index contributed by atoms with van der Waals surface area (Å²) >= 11 is 6.60. The quantitative estimate of drug-likeness (QED) is 0.665. The topological polar surface area (TPSA) is 97.1 Å². The SMILES string of the molecule is Cc1ncoc1COc1ccc2c(c1Cl)CCN(C[C@@H](O)CNC(=O)OC(C)(C)C)C2. The Balaban J connectivity index is 1.52. The highest BCUT2D eigenvalue weighted by Crippen LogP contribution is 2.34. The first-order valence-electron chi connectivity index (χ1n) is 10.3. The van der Waals surface area contributed by atoms with Gasteiger partial charge in [-0.05, 0) is 51.3 Å². The first-order chi connectivity index (χ1) is 14.6. The van der Waals surface area contributed by atoms with E-state index < -0.39 is 17.8 Å². The number of nitrogens with one attached hydrogen (secondary N) is 1. The number of rotatable bonds is 7. The number of β-amino-alcohol motifs (C(OH)–C–C–N with tert-alkyl or cyclic N) is 1. The summed E-state index contributed by atoms with van der Waals surface area (Å²) in [7, 11) is 0. The standard InChI is InChI=1S/C22H30ClN3O5/c1-14-19(30-13-25-14)12-29-18-6-5-15-10-26(8-7-17(15)20(18)23)11-16(27)9-24-21(28)31-22(2,3)4/h5-6,13,16,27H,7-12H2,1-4H3,(H,24,28)/t16-/m0/s1. The van der Waals surface area contributed by atoms with E-state index in [1.54, 1.807) is 20.8 Å². The molecule has 1 aliphatic heterocycles. The van der Waals surface area contributed by atoms with Crippen LogP contribution in [0.25, 0.3) is 0 Å². The number of aliphatic hydroxyl groups excluding tert-OH is 1. The predicted octanol–water partition coefficient (Wildman–Crippen LogP) is 3.46. The minimum atomic E-state index is -0.697. The molecule has 0 aliphatic carbocycles. The van der Waals surface area contributed by atoms with E-state index in [4.69, 9.17) is 25.5 Å².